The standard InChI is InChI=1S/C17H27NO2/c1-12(2)10-17(16(19)20,11-13(3)4)18-15-8-6-7-14(5)9-15/h6-9,12-13,18H,10-11H2,1-5H3,(H,19,20). The summed E-state index contributed by atoms with van der Waals surface area (Å²) in [5, 5.41) is 13.1. The first-order valence-corrected chi connectivity index (χ1v) is 7.33. The SMILES string of the molecule is Cc1cccc(NC(CC(C)C)(CC(C)C)C(=O)O)c1. The van der Waals surface area contributed by atoms with Crippen LogP contribution >= 0.6 is 0 Å². The van der Waals surface area contributed by atoms with Gasteiger partial charge in [-0.25, -0.2) is 4.79 Å². The third-order valence-electron chi connectivity index (χ3n) is 3.32. The molecule has 1 rings (SSSR count). The van der Waals surface area contributed by atoms with Gasteiger partial charge in [0.25, 0.3) is 0 Å². The maximum atomic E-state index is 11.9. The summed E-state index contributed by atoms with van der Waals surface area (Å²) in [4.78, 5) is 11.9. The van der Waals surface area contributed by atoms with Crippen LogP contribution in [0.4, 0.5) is 5.69 Å². The Labute approximate surface area is 122 Å². The molecule has 0 saturated carbocycles. The number of carboxylic acid groups (broad SMARTS) is 1. The number of nitrogens with one attached hydrogen (secondary N) is 1. The number of anilines is 1. The van der Waals surface area contributed by atoms with Gasteiger partial charge < -0.3 is 10.4 Å². The van der Waals surface area contributed by atoms with Gasteiger partial charge in [-0.05, 0) is 49.3 Å². The molecule has 0 amide bonds. The summed E-state index contributed by atoms with van der Waals surface area (Å²) in [6, 6.07) is 7.90. The zero-order valence-electron chi connectivity index (χ0n) is 13.2. The van der Waals surface area contributed by atoms with E-state index in [4.69, 9.17) is 0 Å². The van der Waals surface area contributed by atoms with Crippen molar-refractivity contribution >= 4 is 11.7 Å². The Balaban J connectivity index is 3.10. The zero-order valence-corrected chi connectivity index (χ0v) is 13.2. The lowest BCUT2D eigenvalue weighted by Crippen LogP contribution is -2.48. The van der Waals surface area contributed by atoms with E-state index in [1.807, 2.05) is 31.2 Å². The van der Waals surface area contributed by atoms with Gasteiger partial charge in [0, 0.05) is 5.69 Å². The average molecular weight is 277 g/mol. The van der Waals surface area contributed by atoms with Crippen molar-refractivity contribution in [1.29, 1.82) is 0 Å². The predicted octanol–water partition coefficient (Wildman–Crippen LogP) is 4.32. The maximum Gasteiger partial charge on any atom is 0.329 e. The van der Waals surface area contributed by atoms with E-state index in [0.29, 0.717) is 24.7 Å². The summed E-state index contributed by atoms with van der Waals surface area (Å²) in [6.07, 6.45) is 1.24. The van der Waals surface area contributed by atoms with Crippen LogP contribution in [0.3, 0.4) is 0 Å². The fraction of sp³-hybridized carbons (Fsp3) is 0.588. The van der Waals surface area contributed by atoms with E-state index in [1.54, 1.807) is 0 Å². The van der Waals surface area contributed by atoms with Crippen molar-refractivity contribution in [1.82, 2.24) is 0 Å². The Kier molecular flexibility index (Phi) is 5.61. The van der Waals surface area contributed by atoms with Crippen molar-refractivity contribution in [2.75, 3.05) is 5.32 Å². The molecule has 112 valence electrons. The number of carboxylic acids is 1. The molecule has 0 bridgehead atoms. The molecule has 0 fully saturated rings. The fourth-order valence-electron chi connectivity index (χ4n) is 2.81. The van der Waals surface area contributed by atoms with Gasteiger partial charge in [-0.2, -0.15) is 0 Å². The van der Waals surface area contributed by atoms with Crippen LogP contribution in [0.15, 0.2) is 24.3 Å². The van der Waals surface area contributed by atoms with Gasteiger partial charge in [0.2, 0.25) is 0 Å². The summed E-state index contributed by atoms with van der Waals surface area (Å²) >= 11 is 0. The molecule has 3 heteroatoms. The van der Waals surface area contributed by atoms with Gasteiger partial charge in [0.1, 0.15) is 5.54 Å². The molecule has 0 aromatic heterocycles. The van der Waals surface area contributed by atoms with Gasteiger partial charge in [-0.3, -0.25) is 0 Å². The first kappa shape index (κ1) is 16.5. The third kappa shape index (κ3) is 4.55. The monoisotopic (exact) mass is 277 g/mol. The van der Waals surface area contributed by atoms with E-state index < -0.39 is 11.5 Å². The molecule has 0 radical (unpaired) electrons. The number of carbonyl (C=O) groups is 1. The number of rotatable bonds is 7. The van der Waals surface area contributed by atoms with Crippen LogP contribution in [0, 0.1) is 18.8 Å². The van der Waals surface area contributed by atoms with Crippen molar-refractivity contribution in [3.63, 3.8) is 0 Å². The van der Waals surface area contributed by atoms with Crippen molar-refractivity contribution in [3.8, 4) is 0 Å². The van der Waals surface area contributed by atoms with Crippen LogP contribution in [-0.2, 0) is 4.79 Å². The highest BCUT2D eigenvalue weighted by atomic mass is 16.4. The van der Waals surface area contributed by atoms with Crippen LogP contribution in [0.1, 0.15) is 46.1 Å². The minimum absolute atomic E-state index is 0.321. The fourth-order valence-corrected chi connectivity index (χ4v) is 2.81. The number of aliphatic carboxylic acids is 1. The summed E-state index contributed by atoms with van der Waals surface area (Å²) in [7, 11) is 0. The van der Waals surface area contributed by atoms with Gasteiger partial charge >= 0.3 is 5.97 Å². The number of benzene rings is 1. The summed E-state index contributed by atoms with van der Waals surface area (Å²) < 4.78 is 0. The largest absolute Gasteiger partial charge is 0.480 e. The molecule has 0 atom stereocenters. The minimum atomic E-state index is -0.893. The van der Waals surface area contributed by atoms with Crippen LogP contribution in [-0.4, -0.2) is 16.6 Å². The smallest absolute Gasteiger partial charge is 0.329 e. The summed E-state index contributed by atoms with van der Waals surface area (Å²) in [5.41, 5.74) is 1.12. The lowest BCUT2D eigenvalue weighted by atomic mass is 9.81. The van der Waals surface area contributed by atoms with E-state index in [9.17, 15) is 9.90 Å². The second-order valence-corrected chi connectivity index (χ2v) is 6.58. The van der Waals surface area contributed by atoms with Gasteiger partial charge in [0.15, 0.2) is 0 Å². The zero-order chi connectivity index (χ0) is 15.3. The number of hydrogen-bond donors (Lipinski definition) is 2. The van der Waals surface area contributed by atoms with Crippen molar-refractivity contribution in [2.24, 2.45) is 11.8 Å². The Morgan fingerprint density at radius 2 is 1.75 bits per heavy atom. The second-order valence-electron chi connectivity index (χ2n) is 6.58. The highest BCUT2D eigenvalue weighted by Crippen LogP contribution is 2.30. The van der Waals surface area contributed by atoms with E-state index in [2.05, 4.69) is 33.0 Å². The topological polar surface area (TPSA) is 49.3 Å². The highest BCUT2D eigenvalue weighted by Gasteiger charge is 2.39. The normalized spacial score (nSPS) is 11.9. The van der Waals surface area contributed by atoms with E-state index in [-0.39, 0.29) is 0 Å². The number of aryl methyl sites for hydroxylation is 1. The molecule has 0 aliphatic heterocycles. The molecular weight excluding hydrogens is 250 g/mol. The Morgan fingerprint density at radius 3 is 2.15 bits per heavy atom. The molecule has 0 heterocycles. The van der Waals surface area contributed by atoms with E-state index in [1.165, 1.54) is 0 Å². The molecular formula is C17H27NO2. The molecule has 2 N–H and O–H groups in total. The van der Waals surface area contributed by atoms with Crippen LogP contribution in [0.5, 0.6) is 0 Å². The maximum absolute atomic E-state index is 11.9. The van der Waals surface area contributed by atoms with Crippen LogP contribution in [0.25, 0.3) is 0 Å². The lowest BCUT2D eigenvalue weighted by molar-refractivity contribution is -0.143. The molecule has 3 nitrogen and oxygen atoms in total. The lowest BCUT2D eigenvalue weighted by Gasteiger charge is -2.34. The van der Waals surface area contributed by atoms with Crippen LogP contribution < -0.4 is 5.32 Å². The molecule has 1 aromatic carbocycles. The first-order chi connectivity index (χ1) is 9.25. The first-order valence-electron chi connectivity index (χ1n) is 7.33. The number of hydrogen-bond acceptors (Lipinski definition) is 2. The molecule has 1 aromatic rings. The van der Waals surface area contributed by atoms with Gasteiger partial charge in [-0.15, -0.1) is 0 Å². The predicted molar refractivity (Wildman–Crippen MR) is 84.1 cm³/mol. The van der Waals surface area contributed by atoms with Gasteiger partial charge in [0.05, 0.1) is 0 Å². The average Bonchev–Trinajstić information content (AvgIpc) is 2.26. The van der Waals surface area contributed by atoms with Crippen molar-refractivity contribution < 1.29 is 9.90 Å². The van der Waals surface area contributed by atoms with E-state index >= 15 is 0 Å². The third-order valence-corrected chi connectivity index (χ3v) is 3.32. The minimum Gasteiger partial charge on any atom is -0.480 e. The highest BCUT2D eigenvalue weighted by molar-refractivity contribution is 5.83. The molecule has 20 heavy (non-hydrogen) atoms. The molecule has 0 aliphatic rings. The molecule has 0 aliphatic carbocycles. The molecule has 0 spiro atoms. The summed E-state index contributed by atoms with van der Waals surface area (Å²) in [6.45, 7) is 10.3. The van der Waals surface area contributed by atoms with Crippen LogP contribution in [0.2, 0.25) is 0 Å². The second kappa shape index (κ2) is 6.78. The molecule has 0 saturated heterocycles. The Morgan fingerprint density at radius 1 is 1.20 bits per heavy atom. The van der Waals surface area contributed by atoms with E-state index in [0.717, 1.165) is 11.3 Å². The van der Waals surface area contributed by atoms with Crippen molar-refractivity contribution in [2.45, 2.75) is 53.0 Å². The summed E-state index contributed by atoms with van der Waals surface area (Å²) in [5.74, 6) is -0.120. The van der Waals surface area contributed by atoms with Gasteiger partial charge in [-0.1, -0.05) is 39.8 Å². The Hall–Kier alpha value is -1.51. The van der Waals surface area contributed by atoms with Crippen molar-refractivity contribution in [3.05, 3.63) is 29.8 Å². The Bertz CT molecular complexity index is 442. The molecule has 0 unspecified atom stereocenters. The quantitative estimate of drug-likeness (QED) is 0.780.